The Morgan fingerprint density at radius 3 is 3.04 bits per heavy atom. The largest absolute Gasteiger partial charge is 0.467 e. The molecule has 0 aromatic carbocycles. The van der Waals surface area contributed by atoms with Crippen molar-refractivity contribution in [1.29, 1.82) is 0 Å². The van der Waals surface area contributed by atoms with Crippen molar-refractivity contribution in [2.75, 3.05) is 33.3 Å². The van der Waals surface area contributed by atoms with Gasteiger partial charge in [0.1, 0.15) is 12.4 Å². The molecular formula is C18H30N4O3. The number of ether oxygens (including phenoxy) is 1. The van der Waals surface area contributed by atoms with Crippen molar-refractivity contribution in [3.63, 3.8) is 0 Å². The fraction of sp³-hybridized carbons (Fsp3) is 0.667. The van der Waals surface area contributed by atoms with Gasteiger partial charge in [-0.25, -0.2) is 0 Å². The molecule has 1 aromatic heterocycles. The maximum absolute atomic E-state index is 12.0. The lowest BCUT2D eigenvalue weighted by atomic mass is 10.2. The van der Waals surface area contributed by atoms with Gasteiger partial charge in [0.15, 0.2) is 5.96 Å². The van der Waals surface area contributed by atoms with Crippen LogP contribution in [0.3, 0.4) is 0 Å². The first-order valence-electron chi connectivity index (χ1n) is 8.96. The average Bonchev–Trinajstić information content (AvgIpc) is 3.27. The molecule has 2 heterocycles. The Morgan fingerprint density at radius 2 is 2.36 bits per heavy atom. The lowest BCUT2D eigenvalue weighted by Crippen LogP contribution is -2.45. The van der Waals surface area contributed by atoms with Crippen molar-refractivity contribution in [3.05, 3.63) is 24.2 Å². The highest BCUT2D eigenvalue weighted by Gasteiger charge is 2.27. The van der Waals surface area contributed by atoms with Crippen molar-refractivity contribution < 1.29 is 13.9 Å². The Bertz CT molecular complexity index is 543. The number of hydrogen-bond donors (Lipinski definition) is 2. The number of nitrogens with zero attached hydrogens (tertiary/aromatic N) is 2. The zero-order chi connectivity index (χ0) is 18.1. The monoisotopic (exact) mass is 350 g/mol. The normalized spacial score (nSPS) is 18.0. The molecule has 0 radical (unpaired) electrons. The van der Waals surface area contributed by atoms with Gasteiger partial charge in [0.2, 0.25) is 5.91 Å². The van der Waals surface area contributed by atoms with Crippen LogP contribution in [0.2, 0.25) is 0 Å². The van der Waals surface area contributed by atoms with E-state index in [4.69, 9.17) is 9.15 Å². The molecule has 1 fully saturated rings. The topological polar surface area (TPSA) is 79.1 Å². The molecule has 2 N–H and O–H groups in total. The number of furan rings is 1. The van der Waals surface area contributed by atoms with E-state index < -0.39 is 0 Å². The first-order chi connectivity index (χ1) is 12.1. The molecule has 1 aliphatic rings. The summed E-state index contributed by atoms with van der Waals surface area (Å²) in [6.07, 6.45) is 3.48. The molecule has 0 bridgehead atoms. The van der Waals surface area contributed by atoms with Crippen LogP contribution < -0.4 is 10.6 Å². The van der Waals surface area contributed by atoms with E-state index in [1.54, 1.807) is 13.3 Å². The summed E-state index contributed by atoms with van der Waals surface area (Å²) < 4.78 is 10.8. The maximum atomic E-state index is 12.0. The summed E-state index contributed by atoms with van der Waals surface area (Å²) in [6, 6.07) is 4.01. The summed E-state index contributed by atoms with van der Waals surface area (Å²) >= 11 is 0. The fourth-order valence-electron chi connectivity index (χ4n) is 2.78. The van der Waals surface area contributed by atoms with Crippen LogP contribution in [0, 0.1) is 5.92 Å². The number of hydrogen-bond acceptors (Lipinski definition) is 4. The van der Waals surface area contributed by atoms with Gasteiger partial charge in [-0.1, -0.05) is 13.8 Å². The smallest absolute Gasteiger partial charge is 0.225 e. The standard InChI is InChI=1S/C18H30N4O3/c1-14(2)17(23)22-9-7-15(12-22)21-18(19-3)20-8-5-10-24-13-16-6-4-11-25-16/h4,6,11,14-15H,5,7-10,12-13H2,1-3H3,(H2,19,20,21). The van der Waals surface area contributed by atoms with Crippen molar-refractivity contribution in [2.24, 2.45) is 10.9 Å². The van der Waals surface area contributed by atoms with E-state index in [1.165, 1.54) is 0 Å². The third kappa shape index (κ3) is 6.42. The molecule has 140 valence electrons. The van der Waals surface area contributed by atoms with Crippen LogP contribution in [0.5, 0.6) is 0 Å². The predicted octanol–water partition coefficient (Wildman–Crippen LogP) is 1.61. The van der Waals surface area contributed by atoms with Gasteiger partial charge in [0.25, 0.3) is 0 Å². The van der Waals surface area contributed by atoms with E-state index in [0.717, 1.165) is 44.2 Å². The molecule has 1 saturated heterocycles. The Morgan fingerprint density at radius 1 is 1.52 bits per heavy atom. The number of rotatable bonds is 8. The SMILES string of the molecule is CN=C(NCCCOCc1ccco1)NC1CCN(C(=O)C(C)C)C1. The van der Waals surface area contributed by atoms with Crippen LogP contribution in [0.25, 0.3) is 0 Å². The van der Waals surface area contributed by atoms with Gasteiger partial charge in [-0.15, -0.1) is 0 Å². The number of guanidine groups is 1. The van der Waals surface area contributed by atoms with E-state index in [9.17, 15) is 4.79 Å². The zero-order valence-electron chi connectivity index (χ0n) is 15.5. The van der Waals surface area contributed by atoms with Gasteiger partial charge < -0.3 is 24.7 Å². The average molecular weight is 350 g/mol. The molecule has 1 unspecified atom stereocenters. The van der Waals surface area contributed by atoms with Crippen LogP contribution in [0.1, 0.15) is 32.4 Å². The van der Waals surface area contributed by atoms with E-state index in [0.29, 0.717) is 13.2 Å². The highest BCUT2D eigenvalue weighted by Crippen LogP contribution is 2.12. The number of carbonyl (C=O) groups excluding carboxylic acids is 1. The Kier molecular flexibility index (Phi) is 7.78. The Labute approximate surface area is 149 Å². The third-order valence-corrected chi connectivity index (χ3v) is 4.14. The molecule has 1 aromatic rings. The molecular weight excluding hydrogens is 320 g/mol. The number of aliphatic imine (C=N–C) groups is 1. The summed E-state index contributed by atoms with van der Waals surface area (Å²) in [4.78, 5) is 18.2. The second-order valence-corrected chi connectivity index (χ2v) is 6.55. The van der Waals surface area contributed by atoms with Gasteiger partial charge >= 0.3 is 0 Å². The van der Waals surface area contributed by atoms with Crippen molar-refractivity contribution in [1.82, 2.24) is 15.5 Å². The van der Waals surface area contributed by atoms with E-state index in [-0.39, 0.29) is 17.9 Å². The Hall–Kier alpha value is -2.02. The number of amides is 1. The molecule has 7 heteroatoms. The second kappa shape index (κ2) is 10.1. The first-order valence-corrected chi connectivity index (χ1v) is 8.96. The lowest BCUT2D eigenvalue weighted by molar-refractivity contribution is -0.133. The Balaban J connectivity index is 1.58. The molecule has 7 nitrogen and oxygen atoms in total. The number of likely N-dealkylation sites (tertiary alicyclic amines) is 1. The van der Waals surface area contributed by atoms with Gasteiger partial charge in [-0.2, -0.15) is 0 Å². The molecule has 1 amide bonds. The fourth-order valence-corrected chi connectivity index (χ4v) is 2.78. The molecule has 25 heavy (non-hydrogen) atoms. The molecule has 0 saturated carbocycles. The molecule has 0 spiro atoms. The summed E-state index contributed by atoms with van der Waals surface area (Å²) in [5, 5.41) is 6.68. The second-order valence-electron chi connectivity index (χ2n) is 6.55. The van der Waals surface area contributed by atoms with Crippen molar-refractivity contribution in [3.8, 4) is 0 Å². The first kappa shape index (κ1) is 19.3. The van der Waals surface area contributed by atoms with Crippen LogP contribution in [-0.2, 0) is 16.1 Å². The summed E-state index contributed by atoms with van der Waals surface area (Å²) in [7, 11) is 1.76. The van der Waals surface area contributed by atoms with E-state index in [1.807, 2.05) is 30.9 Å². The predicted molar refractivity (Wildman–Crippen MR) is 97.3 cm³/mol. The number of nitrogens with one attached hydrogen (secondary N) is 2. The summed E-state index contributed by atoms with van der Waals surface area (Å²) in [5.41, 5.74) is 0. The lowest BCUT2D eigenvalue weighted by Gasteiger charge is -2.20. The van der Waals surface area contributed by atoms with Crippen LogP contribution in [0.15, 0.2) is 27.8 Å². The van der Waals surface area contributed by atoms with Gasteiger partial charge in [-0.3, -0.25) is 9.79 Å². The van der Waals surface area contributed by atoms with Gasteiger partial charge in [0, 0.05) is 45.2 Å². The third-order valence-electron chi connectivity index (χ3n) is 4.14. The molecule has 0 aliphatic carbocycles. The molecule has 1 aliphatic heterocycles. The summed E-state index contributed by atoms with van der Waals surface area (Å²) in [6.45, 7) is 7.37. The summed E-state index contributed by atoms with van der Waals surface area (Å²) in [5.74, 6) is 1.89. The number of carbonyl (C=O) groups is 1. The minimum atomic E-state index is 0.0531. The highest BCUT2D eigenvalue weighted by molar-refractivity contribution is 5.81. The zero-order valence-corrected chi connectivity index (χ0v) is 15.5. The maximum Gasteiger partial charge on any atom is 0.225 e. The molecule has 1 atom stereocenters. The minimum Gasteiger partial charge on any atom is -0.467 e. The van der Waals surface area contributed by atoms with Crippen LogP contribution in [0.4, 0.5) is 0 Å². The van der Waals surface area contributed by atoms with E-state index in [2.05, 4.69) is 15.6 Å². The van der Waals surface area contributed by atoms with Crippen molar-refractivity contribution in [2.45, 2.75) is 39.3 Å². The highest BCUT2D eigenvalue weighted by atomic mass is 16.5. The van der Waals surface area contributed by atoms with Crippen LogP contribution >= 0.6 is 0 Å². The van der Waals surface area contributed by atoms with Crippen molar-refractivity contribution >= 4 is 11.9 Å². The quantitative estimate of drug-likeness (QED) is 0.423. The van der Waals surface area contributed by atoms with Gasteiger partial charge in [0.05, 0.1) is 6.26 Å². The van der Waals surface area contributed by atoms with Crippen LogP contribution in [-0.4, -0.2) is 56.1 Å². The van der Waals surface area contributed by atoms with E-state index >= 15 is 0 Å². The molecule has 2 rings (SSSR count). The van der Waals surface area contributed by atoms with Gasteiger partial charge in [-0.05, 0) is 25.0 Å². The minimum absolute atomic E-state index is 0.0531.